The molecule has 2 nitrogen and oxygen atoms in total. The van der Waals surface area contributed by atoms with Gasteiger partial charge in [0.1, 0.15) is 0 Å². The minimum Gasteiger partial charge on any atom is -0.338 e. The van der Waals surface area contributed by atoms with Crippen LogP contribution in [0.5, 0.6) is 0 Å². The van der Waals surface area contributed by atoms with Gasteiger partial charge in [0, 0.05) is 34.5 Å². The van der Waals surface area contributed by atoms with Gasteiger partial charge in [-0.3, -0.25) is 4.79 Å². The molecule has 1 fully saturated rings. The molecule has 0 spiro atoms. The van der Waals surface area contributed by atoms with Crippen molar-refractivity contribution in [3.05, 3.63) is 57.8 Å². The standard InChI is InChI=1S/C17H16F3NOS2/c18-17(19,20)13-5-3-12(4-6-13)16(22)21-8-7-15(24-11-9-21)14-2-1-10-23-14/h1-6,10,15H,7-9,11H2/t15-/m0/s1. The van der Waals surface area contributed by atoms with Crippen LogP contribution in [-0.4, -0.2) is 29.6 Å². The summed E-state index contributed by atoms with van der Waals surface area (Å²) < 4.78 is 37.8. The lowest BCUT2D eigenvalue weighted by atomic mass is 10.1. The molecule has 1 aromatic heterocycles. The van der Waals surface area contributed by atoms with Crippen molar-refractivity contribution in [1.29, 1.82) is 0 Å². The molecule has 1 aliphatic rings. The van der Waals surface area contributed by atoms with Crippen LogP contribution in [0.3, 0.4) is 0 Å². The molecule has 1 atom stereocenters. The Hall–Kier alpha value is -1.47. The Morgan fingerprint density at radius 1 is 1.12 bits per heavy atom. The number of rotatable bonds is 2. The van der Waals surface area contributed by atoms with Gasteiger partial charge in [0.25, 0.3) is 5.91 Å². The number of thiophene rings is 1. The molecule has 7 heteroatoms. The summed E-state index contributed by atoms with van der Waals surface area (Å²) in [6.45, 7) is 1.24. The highest BCUT2D eigenvalue weighted by Crippen LogP contribution is 2.37. The van der Waals surface area contributed by atoms with Gasteiger partial charge in [0.05, 0.1) is 5.56 Å². The summed E-state index contributed by atoms with van der Waals surface area (Å²) in [5, 5.41) is 2.43. The molecule has 3 rings (SSSR count). The van der Waals surface area contributed by atoms with Crippen LogP contribution in [0, 0.1) is 0 Å². The van der Waals surface area contributed by atoms with Crippen LogP contribution in [0.25, 0.3) is 0 Å². The van der Waals surface area contributed by atoms with Gasteiger partial charge in [-0.15, -0.1) is 11.3 Å². The van der Waals surface area contributed by atoms with Crippen molar-refractivity contribution in [2.45, 2.75) is 17.8 Å². The summed E-state index contributed by atoms with van der Waals surface area (Å²) in [4.78, 5) is 15.6. The highest BCUT2D eigenvalue weighted by atomic mass is 32.2. The van der Waals surface area contributed by atoms with Gasteiger partial charge in [-0.05, 0) is 42.1 Å². The van der Waals surface area contributed by atoms with Crippen LogP contribution in [0.1, 0.15) is 32.5 Å². The number of thioether (sulfide) groups is 1. The van der Waals surface area contributed by atoms with Crippen LogP contribution in [0.2, 0.25) is 0 Å². The second-order valence-electron chi connectivity index (χ2n) is 5.53. The van der Waals surface area contributed by atoms with Crippen molar-refractivity contribution in [3.8, 4) is 0 Å². The minimum absolute atomic E-state index is 0.198. The van der Waals surface area contributed by atoms with Crippen LogP contribution in [0.4, 0.5) is 13.2 Å². The van der Waals surface area contributed by atoms with E-state index in [1.807, 2.05) is 23.2 Å². The Morgan fingerprint density at radius 3 is 2.50 bits per heavy atom. The monoisotopic (exact) mass is 371 g/mol. The molecule has 2 heterocycles. The van der Waals surface area contributed by atoms with Crippen molar-refractivity contribution < 1.29 is 18.0 Å². The second-order valence-corrected chi connectivity index (χ2v) is 7.82. The Morgan fingerprint density at radius 2 is 1.88 bits per heavy atom. The number of carbonyl (C=O) groups excluding carboxylic acids is 1. The van der Waals surface area contributed by atoms with Crippen molar-refractivity contribution in [2.75, 3.05) is 18.8 Å². The lowest BCUT2D eigenvalue weighted by Gasteiger charge is -2.20. The Balaban J connectivity index is 1.67. The molecule has 24 heavy (non-hydrogen) atoms. The van der Waals surface area contributed by atoms with E-state index in [4.69, 9.17) is 0 Å². The molecule has 0 radical (unpaired) electrons. The first kappa shape index (κ1) is 17.4. The molecule has 0 N–H and O–H groups in total. The van der Waals surface area contributed by atoms with E-state index in [0.29, 0.717) is 23.9 Å². The van der Waals surface area contributed by atoms with E-state index in [9.17, 15) is 18.0 Å². The van der Waals surface area contributed by atoms with E-state index in [2.05, 4.69) is 6.07 Å². The smallest absolute Gasteiger partial charge is 0.338 e. The summed E-state index contributed by atoms with van der Waals surface area (Å²) in [6, 6.07) is 8.59. The first-order valence-corrected chi connectivity index (χ1v) is 9.49. The first-order chi connectivity index (χ1) is 11.4. The first-order valence-electron chi connectivity index (χ1n) is 7.56. The van der Waals surface area contributed by atoms with Gasteiger partial charge < -0.3 is 4.90 Å². The number of hydrogen-bond acceptors (Lipinski definition) is 3. The maximum absolute atomic E-state index is 12.6. The molecule has 1 saturated heterocycles. The largest absolute Gasteiger partial charge is 0.416 e. The van der Waals surface area contributed by atoms with Crippen molar-refractivity contribution in [1.82, 2.24) is 4.90 Å². The molecule has 2 aromatic rings. The third-order valence-corrected chi connectivity index (χ3v) is 6.39. The predicted octanol–water partition coefficient (Wildman–Crippen LogP) is 5.09. The SMILES string of the molecule is O=C(c1ccc(C(F)(F)F)cc1)N1CCS[C@H](c2cccs2)CC1. The van der Waals surface area contributed by atoms with Crippen LogP contribution < -0.4 is 0 Å². The number of amides is 1. The number of halogens is 3. The zero-order valence-corrected chi connectivity index (χ0v) is 14.4. The van der Waals surface area contributed by atoms with Crippen LogP contribution >= 0.6 is 23.1 Å². The van der Waals surface area contributed by atoms with Crippen molar-refractivity contribution in [2.24, 2.45) is 0 Å². The Labute approximate surface area is 146 Å². The van der Waals surface area contributed by atoms with E-state index in [1.165, 1.54) is 17.0 Å². The predicted molar refractivity (Wildman–Crippen MR) is 91.5 cm³/mol. The molecule has 0 bridgehead atoms. The van der Waals surface area contributed by atoms with Crippen LogP contribution in [-0.2, 0) is 6.18 Å². The lowest BCUT2D eigenvalue weighted by molar-refractivity contribution is -0.137. The zero-order chi connectivity index (χ0) is 17.2. The highest BCUT2D eigenvalue weighted by Gasteiger charge is 2.30. The summed E-state index contributed by atoms with van der Waals surface area (Å²) in [6.07, 6.45) is -3.52. The zero-order valence-electron chi connectivity index (χ0n) is 12.8. The van der Waals surface area contributed by atoms with Gasteiger partial charge >= 0.3 is 6.18 Å². The summed E-state index contributed by atoms with van der Waals surface area (Å²) in [5.74, 6) is 0.630. The van der Waals surface area contributed by atoms with Gasteiger partial charge in [-0.25, -0.2) is 0 Å². The quantitative estimate of drug-likeness (QED) is 0.733. The van der Waals surface area contributed by atoms with Crippen molar-refractivity contribution in [3.63, 3.8) is 0 Å². The molecule has 1 amide bonds. The molecule has 0 unspecified atom stereocenters. The molecular formula is C17H16F3NOS2. The number of alkyl halides is 3. The fourth-order valence-electron chi connectivity index (χ4n) is 2.66. The average Bonchev–Trinajstić information content (AvgIpc) is 2.98. The summed E-state index contributed by atoms with van der Waals surface area (Å²) >= 11 is 3.55. The number of hydrogen-bond donors (Lipinski definition) is 0. The molecule has 1 aromatic carbocycles. The van der Waals surface area contributed by atoms with E-state index in [0.717, 1.165) is 24.3 Å². The topological polar surface area (TPSA) is 20.3 Å². The second kappa shape index (κ2) is 7.19. The molecule has 0 aliphatic carbocycles. The maximum Gasteiger partial charge on any atom is 0.416 e. The normalized spacial score (nSPS) is 19.1. The molecule has 0 saturated carbocycles. The van der Waals surface area contributed by atoms with E-state index < -0.39 is 11.7 Å². The molecular weight excluding hydrogens is 355 g/mol. The third-order valence-electron chi connectivity index (χ3n) is 3.95. The Kier molecular flexibility index (Phi) is 5.20. The van der Waals surface area contributed by atoms with Gasteiger partial charge in [0.15, 0.2) is 0 Å². The fraction of sp³-hybridized carbons (Fsp3) is 0.353. The number of carbonyl (C=O) groups is 1. The van der Waals surface area contributed by atoms with E-state index in [-0.39, 0.29) is 5.91 Å². The summed E-state index contributed by atoms with van der Waals surface area (Å²) in [5.41, 5.74) is -0.425. The van der Waals surface area contributed by atoms with E-state index in [1.54, 1.807) is 16.2 Å². The maximum atomic E-state index is 12.6. The van der Waals surface area contributed by atoms with Gasteiger partial charge in [-0.2, -0.15) is 24.9 Å². The third kappa shape index (κ3) is 3.95. The van der Waals surface area contributed by atoms with Crippen molar-refractivity contribution >= 4 is 29.0 Å². The van der Waals surface area contributed by atoms with Gasteiger partial charge in [-0.1, -0.05) is 6.07 Å². The van der Waals surface area contributed by atoms with Gasteiger partial charge in [0.2, 0.25) is 0 Å². The lowest BCUT2D eigenvalue weighted by Crippen LogP contribution is -2.33. The molecule has 128 valence electrons. The average molecular weight is 371 g/mol. The highest BCUT2D eigenvalue weighted by molar-refractivity contribution is 7.99. The fourth-order valence-corrected chi connectivity index (χ4v) is 4.90. The Bertz CT molecular complexity index is 683. The number of benzene rings is 1. The number of nitrogens with zero attached hydrogens (tertiary/aromatic N) is 1. The summed E-state index contributed by atoms with van der Waals surface area (Å²) in [7, 11) is 0. The minimum atomic E-state index is -4.38. The molecule has 1 aliphatic heterocycles. The van der Waals surface area contributed by atoms with E-state index >= 15 is 0 Å². The van der Waals surface area contributed by atoms with Crippen LogP contribution in [0.15, 0.2) is 41.8 Å².